The summed E-state index contributed by atoms with van der Waals surface area (Å²) in [6.07, 6.45) is 0. The maximum absolute atomic E-state index is 13.4. The molecule has 0 bridgehead atoms. The van der Waals surface area contributed by atoms with Crippen LogP contribution in [-0.2, 0) is 6.61 Å². The Morgan fingerprint density at radius 2 is 1.86 bits per heavy atom. The normalized spacial score (nSPS) is 11.9. The van der Waals surface area contributed by atoms with Crippen LogP contribution in [0.1, 0.15) is 22.2 Å². The Labute approximate surface area is 215 Å². The molecule has 0 saturated carbocycles. The number of rotatable bonds is 9. The predicted octanol–water partition coefficient (Wildman–Crippen LogP) is 6.71. The number of nitro groups is 1. The second kappa shape index (κ2) is 11.1. The number of para-hydroxylation sites is 1. The van der Waals surface area contributed by atoms with E-state index in [1.54, 1.807) is 66.1 Å². The molecule has 1 aromatic heterocycles. The van der Waals surface area contributed by atoms with Crippen molar-refractivity contribution >= 4 is 35.0 Å². The number of ether oxygens (including phenoxy) is 1. The molecule has 180 valence electrons. The molecule has 35 heavy (non-hydrogen) atoms. The first-order valence-corrected chi connectivity index (χ1v) is 12.1. The smallest absolute Gasteiger partial charge is 0.220 e. The lowest BCUT2D eigenvalue weighted by molar-refractivity contribution is -0.479. The van der Waals surface area contributed by atoms with E-state index in [1.165, 1.54) is 23.9 Å². The standard InChI is InChI=1S/C24H19Cl2FN4O3S/c1-15-28-29-24(31(15)19-10-8-18(27)9-11-19)35-23(13-30(32)33)20-4-2-3-5-22(20)34-14-16-6-7-17(25)12-21(16)26/h2-12,23H,13-14H2,1H3/t23-/m0/s1. The van der Waals surface area contributed by atoms with Gasteiger partial charge in [-0.25, -0.2) is 4.39 Å². The number of benzene rings is 3. The SMILES string of the molecule is Cc1nnc(S[C@@H](C[N+](=O)[O-])c2ccccc2OCc2ccc(Cl)cc2Cl)n1-c1ccc(F)cc1. The van der Waals surface area contributed by atoms with Crippen LogP contribution in [0.4, 0.5) is 4.39 Å². The van der Waals surface area contributed by atoms with Gasteiger partial charge in [-0.2, -0.15) is 0 Å². The Hall–Kier alpha value is -3.14. The minimum atomic E-state index is -0.635. The highest BCUT2D eigenvalue weighted by Crippen LogP contribution is 2.40. The van der Waals surface area contributed by atoms with Gasteiger partial charge in [0.2, 0.25) is 6.54 Å². The van der Waals surface area contributed by atoms with Crippen molar-refractivity contribution in [1.82, 2.24) is 14.8 Å². The van der Waals surface area contributed by atoms with Crippen LogP contribution in [0.3, 0.4) is 0 Å². The van der Waals surface area contributed by atoms with E-state index in [2.05, 4.69) is 10.2 Å². The van der Waals surface area contributed by atoms with Crippen LogP contribution in [0.15, 0.2) is 71.9 Å². The van der Waals surface area contributed by atoms with Gasteiger partial charge in [-0.3, -0.25) is 14.7 Å². The third-order valence-corrected chi connectivity index (χ3v) is 6.86. The molecule has 0 aliphatic rings. The highest BCUT2D eigenvalue weighted by atomic mass is 35.5. The first-order valence-electron chi connectivity index (χ1n) is 10.4. The Morgan fingerprint density at radius 1 is 1.11 bits per heavy atom. The minimum Gasteiger partial charge on any atom is -0.489 e. The summed E-state index contributed by atoms with van der Waals surface area (Å²) in [4.78, 5) is 11.2. The molecular weight excluding hydrogens is 514 g/mol. The molecule has 4 rings (SSSR count). The lowest BCUT2D eigenvalue weighted by Crippen LogP contribution is -2.12. The van der Waals surface area contributed by atoms with Crippen molar-refractivity contribution in [3.63, 3.8) is 0 Å². The van der Waals surface area contributed by atoms with Gasteiger partial charge in [-0.05, 0) is 49.4 Å². The Kier molecular flexibility index (Phi) is 7.90. The molecule has 0 spiro atoms. The van der Waals surface area contributed by atoms with Crippen molar-refractivity contribution in [1.29, 1.82) is 0 Å². The maximum atomic E-state index is 13.4. The lowest BCUT2D eigenvalue weighted by atomic mass is 10.1. The molecule has 0 aliphatic heterocycles. The molecule has 0 N–H and O–H groups in total. The third-order valence-electron chi connectivity index (χ3n) is 5.11. The van der Waals surface area contributed by atoms with E-state index in [0.29, 0.717) is 38.0 Å². The first kappa shape index (κ1) is 25.0. The summed E-state index contributed by atoms with van der Waals surface area (Å²) in [5, 5.41) is 20.7. The largest absolute Gasteiger partial charge is 0.489 e. The van der Waals surface area contributed by atoms with Gasteiger partial charge >= 0.3 is 0 Å². The molecular formula is C24H19Cl2FN4O3S. The molecule has 1 atom stereocenters. The van der Waals surface area contributed by atoms with Gasteiger partial charge in [0.05, 0.1) is 0 Å². The fourth-order valence-electron chi connectivity index (χ4n) is 3.44. The quantitative estimate of drug-likeness (QED) is 0.135. The topological polar surface area (TPSA) is 83.1 Å². The number of nitrogens with zero attached hydrogens (tertiary/aromatic N) is 4. The molecule has 3 aromatic carbocycles. The average Bonchev–Trinajstić information content (AvgIpc) is 3.18. The first-order chi connectivity index (χ1) is 16.8. The van der Waals surface area contributed by atoms with E-state index in [9.17, 15) is 14.5 Å². The van der Waals surface area contributed by atoms with Gasteiger partial charge in [-0.15, -0.1) is 10.2 Å². The van der Waals surface area contributed by atoms with Crippen molar-refractivity contribution < 1.29 is 14.1 Å². The van der Waals surface area contributed by atoms with Gasteiger partial charge in [0.15, 0.2) is 5.16 Å². The number of thioether (sulfide) groups is 1. The molecule has 0 fully saturated rings. The van der Waals surface area contributed by atoms with Gasteiger partial charge in [0.25, 0.3) is 0 Å². The van der Waals surface area contributed by atoms with E-state index in [-0.39, 0.29) is 23.9 Å². The van der Waals surface area contributed by atoms with E-state index in [4.69, 9.17) is 27.9 Å². The monoisotopic (exact) mass is 532 g/mol. The van der Waals surface area contributed by atoms with Gasteiger partial charge in [-0.1, -0.05) is 59.2 Å². The zero-order valence-electron chi connectivity index (χ0n) is 18.4. The van der Waals surface area contributed by atoms with Crippen LogP contribution in [0.2, 0.25) is 10.0 Å². The fraction of sp³-hybridized carbons (Fsp3) is 0.167. The van der Waals surface area contributed by atoms with E-state index in [0.717, 1.165) is 5.56 Å². The van der Waals surface area contributed by atoms with Crippen LogP contribution < -0.4 is 4.74 Å². The molecule has 11 heteroatoms. The second-order valence-corrected chi connectivity index (χ2v) is 9.54. The minimum absolute atomic E-state index is 0.160. The van der Waals surface area contributed by atoms with Gasteiger partial charge in [0.1, 0.15) is 29.2 Å². The number of aromatic nitrogens is 3. The summed E-state index contributed by atoms with van der Waals surface area (Å²) < 4.78 is 21.2. The zero-order valence-corrected chi connectivity index (χ0v) is 20.7. The van der Waals surface area contributed by atoms with Crippen LogP contribution in [0.25, 0.3) is 5.69 Å². The van der Waals surface area contributed by atoms with Gasteiger partial charge in [0, 0.05) is 31.8 Å². The highest BCUT2D eigenvalue weighted by molar-refractivity contribution is 7.99. The van der Waals surface area contributed by atoms with E-state index >= 15 is 0 Å². The van der Waals surface area contributed by atoms with Crippen LogP contribution in [-0.4, -0.2) is 26.2 Å². The molecule has 0 saturated heterocycles. The molecule has 1 heterocycles. The van der Waals surface area contributed by atoms with Gasteiger partial charge < -0.3 is 4.74 Å². The van der Waals surface area contributed by atoms with Crippen molar-refractivity contribution in [2.75, 3.05) is 6.54 Å². The van der Waals surface area contributed by atoms with Crippen molar-refractivity contribution in [3.05, 3.63) is 110 Å². The number of halogens is 3. The molecule has 4 aromatic rings. The average molecular weight is 533 g/mol. The Bertz CT molecular complexity index is 1350. The van der Waals surface area contributed by atoms with Crippen molar-refractivity contribution in [2.45, 2.75) is 23.9 Å². The third kappa shape index (κ3) is 6.11. The molecule has 7 nitrogen and oxygen atoms in total. The second-order valence-electron chi connectivity index (χ2n) is 7.53. The predicted molar refractivity (Wildman–Crippen MR) is 134 cm³/mol. The molecule has 0 unspecified atom stereocenters. The zero-order chi connectivity index (χ0) is 24.9. The summed E-state index contributed by atoms with van der Waals surface area (Å²) in [7, 11) is 0. The number of aryl methyl sites for hydroxylation is 1. The summed E-state index contributed by atoms with van der Waals surface area (Å²) in [5.74, 6) is 0.690. The number of hydrogen-bond donors (Lipinski definition) is 0. The fourth-order valence-corrected chi connectivity index (χ4v) is 5.11. The summed E-state index contributed by atoms with van der Waals surface area (Å²) in [5.41, 5.74) is 2.01. The van der Waals surface area contributed by atoms with Crippen LogP contribution >= 0.6 is 35.0 Å². The Morgan fingerprint density at radius 3 is 2.57 bits per heavy atom. The summed E-state index contributed by atoms with van der Waals surface area (Å²) in [6, 6.07) is 18.1. The summed E-state index contributed by atoms with van der Waals surface area (Å²) in [6.45, 7) is 1.55. The van der Waals surface area contributed by atoms with Crippen molar-refractivity contribution in [2.24, 2.45) is 0 Å². The molecule has 0 aliphatic carbocycles. The van der Waals surface area contributed by atoms with Crippen molar-refractivity contribution in [3.8, 4) is 11.4 Å². The van der Waals surface area contributed by atoms with E-state index in [1.807, 2.05) is 0 Å². The molecule has 0 amide bonds. The van der Waals surface area contributed by atoms with E-state index < -0.39 is 5.25 Å². The van der Waals surface area contributed by atoms with Crippen LogP contribution in [0, 0.1) is 22.9 Å². The molecule has 0 radical (unpaired) electrons. The highest BCUT2D eigenvalue weighted by Gasteiger charge is 2.26. The Balaban J connectivity index is 1.64. The summed E-state index contributed by atoms with van der Waals surface area (Å²) >= 11 is 13.4. The number of hydrogen-bond acceptors (Lipinski definition) is 6. The maximum Gasteiger partial charge on any atom is 0.220 e. The van der Waals surface area contributed by atoms with Crippen LogP contribution in [0.5, 0.6) is 5.75 Å². The lowest BCUT2D eigenvalue weighted by Gasteiger charge is -2.18.